The highest BCUT2D eigenvalue weighted by atomic mass is 16.5. The largest absolute Gasteiger partial charge is 0.374 e. The Labute approximate surface area is 125 Å². The van der Waals surface area contributed by atoms with E-state index in [9.17, 15) is 0 Å². The molecule has 0 aromatic rings. The minimum Gasteiger partial charge on any atom is -0.374 e. The first-order valence-electron chi connectivity index (χ1n) is 8.71. The molecule has 0 aromatic heterocycles. The molecular weight excluding hydrogens is 248 g/mol. The summed E-state index contributed by atoms with van der Waals surface area (Å²) < 4.78 is 6.05. The molecule has 2 saturated heterocycles. The van der Waals surface area contributed by atoms with Crippen LogP contribution in [0, 0.1) is 5.92 Å². The zero-order valence-electron chi connectivity index (χ0n) is 13.9. The number of rotatable bonds is 6. The molecule has 0 radical (unpaired) electrons. The predicted molar refractivity (Wildman–Crippen MR) is 85.1 cm³/mol. The molecule has 2 rings (SSSR count). The van der Waals surface area contributed by atoms with Crippen molar-refractivity contribution in [2.45, 2.75) is 84.1 Å². The molecule has 20 heavy (non-hydrogen) atoms. The zero-order valence-corrected chi connectivity index (χ0v) is 13.9. The van der Waals surface area contributed by atoms with Crippen LogP contribution in [0.4, 0.5) is 0 Å². The standard InChI is InChI=1S/C17H34N2O/c1-5-6-15-11-19(12-17-8-7-14(4)20-17)16(10-18-15)9-13(2)3/h13-18H,5-12H2,1-4H3. The minimum absolute atomic E-state index is 0.470. The Morgan fingerprint density at radius 3 is 2.70 bits per heavy atom. The highest BCUT2D eigenvalue weighted by Gasteiger charge is 2.31. The fraction of sp³-hybridized carbons (Fsp3) is 1.00. The lowest BCUT2D eigenvalue weighted by Gasteiger charge is -2.42. The molecule has 0 bridgehead atoms. The van der Waals surface area contributed by atoms with Gasteiger partial charge in [-0.2, -0.15) is 0 Å². The molecule has 0 aliphatic carbocycles. The third kappa shape index (κ3) is 4.71. The third-order valence-corrected chi connectivity index (χ3v) is 4.75. The van der Waals surface area contributed by atoms with Crippen molar-refractivity contribution in [1.29, 1.82) is 0 Å². The molecular formula is C17H34N2O. The molecule has 0 aromatic carbocycles. The normalized spacial score (nSPS) is 35.9. The molecule has 2 aliphatic heterocycles. The maximum absolute atomic E-state index is 6.05. The molecule has 4 unspecified atom stereocenters. The van der Waals surface area contributed by atoms with Gasteiger partial charge in [0.25, 0.3) is 0 Å². The predicted octanol–water partition coefficient (Wildman–Crippen LogP) is 3.04. The Morgan fingerprint density at radius 2 is 2.10 bits per heavy atom. The number of ether oxygens (including phenoxy) is 1. The van der Waals surface area contributed by atoms with E-state index in [0.717, 1.165) is 19.0 Å². The van der Waals surface area contributed by atoms with Crippen LogP contribution in [0.5, 0.6) is 0 Å². The SMILES string of the molecule is CCCC1CN(CC2CCC(C)O2)C(CC(C)C)CN1. The smallest absolute Gasteiger partial charge is 0.0706 e. The van der Waals surface area contributed by atoms with Gasteiger partial charge in [-0.15, -0.1) is 0 Å². The van der Waals surface area contributed by atoms with E-state index in [1.54, 1.807) is 0 Å². The fourth-order valence-electron chi connectivity index (χ4n) is 3.75. The van der Waals surface area contributed by atoms with E-state index < -0.39 is 0 Å². The van der Waals surface area contributed by atoms with E-state index in [1.807, 2.05) is 0 Å². The molecule has 0 amide bonds. The van der Waals surface area contributed by atoms with Gasteiger partial charge in [-0.3, -0.25) is 4.90 Å². The summed E-state index contributed by atoms with van der Waals surface area (Å²) in [6.07, 6.45) is 7.30. The Hall–Kier alpha value is -0.120. The van der Waals surface area contributed by atoms with E-state index >= 15 is 0 Å². The first-order valence-corrected chi connectivity index (χ1v) is 8.71. The van der Waals surface area contributed by atoms with Gasteiger partial charge in [0.2, 0.25) is 0 Å². The number of hydrogen-bond donors (Lipinski definition) is 1. The van der Waals surface area contributed by atoms with E-state index in [1.165, 1.54) is 38.6 Å². The summed E-state index contributed by atoms with van der Waals surface area (Å²) in [7, 11) is 0. The van der Waals surface area contributed by atoms with Crippen molar-refractivity contribution in [2.75, 3.05) is 19.6 Å². The van der Waals surface area contributed by atoms with Gasteiger partial charge in [-0.1, -0.05) is 27.2 Å². The summed E-state index contributed by atoms with van der Waals surface area (Å²) in [5.41, 5.74) is 0. The van der Waals surface area contributed by atoms with Crippen molar-refractivity contribution in [3.63, 3.8) is 0 Å². The summed E-state index contributed by atoms with van der Waals surface area (Å²) in [4.78, 5) is 2.72. The minimum atomic E-state index is 0.470. The van der Waals surface area contributed by atoms with Gasteiger partial charge in [0.15, 0.2) is 0 Å². The summed E-state index contributed by atoms with van der Waals surface area (Å²) in [6.45, 7) is 12.7. The Balaban J connectivity index is 1.90. The van der Waals surface area contributed by atoms with Crippen molar-refractivity contribution < 1.29 is 4.74 Å². The fourth-order valence-corrected chi connectivity index (χ4v) is 3.75. The average Bonchev–Trinajstić information content (AvgIpc) is 2.78. The van der Waals surface area contributed by atoms with Gasteiger partial charge in [0.1, 0.15) is 0 Å². The van der Waals surface area contributed by atoms with Gasteiger partial charge >= 0.3 is 0 Å². The van der Waals surface area contributed by atoms with Gasteiger partial charge < -0.3 is 10.1 Å². The maximum Gasteiger partial charge on any atom is 0.0706 e. The van der Waals surface area contributed by atoms with Crippen LogP contribution in [-0.4, -0.2) is 48.8 Å². The van der Waals surface area contributed by atoms with Gasteiger partial charge in [-0.05, 0) is 38.5 Å². The van der Waals surface area contributed by atoms with E-state index in [4.69, 9.17) is 4.74 Å². The second-order valence-corrected chi connectivity index (χ2v) is 7.28. The second-order valence-electron chi connectivity index (χ2n) is 7.28. The van der Waals surface area contributed by atoms with Crippen molar-refractivity contribution >= 4 is 0 Å². The van der Waals surface area contributed by atoms with Crippen LogP contribution in [0.3, 0.4) is 0 Å². The number of nitrogens with one attached hydrogen (secondary N) is 1. The molecule has 2 heterocycles. The number of piperazine rings is 1. The third-order valence-electron chi connectivity index (χ3n) is 4.75. The van der Waals surface area contributed by atoms with E-state index in [2.05, 4.69) is 37.9 Å². The lowest BCUT2D eigenvalue weighted by molar-refractivity contribution is 0.00689. The van der Waals surface area contributed by atoms with Gasteiger partial charge in [0, 0.05) is 31.7 Å². The van der Waals surface area contributed by atoms with E-state index in [-0.39, 0.29) is 0 Å². The first-order chi connectivity index (χ1) is 9.58. The van der Waals surface area contributed by atoms with Crippen LogP contribution in [0.1, 0.15) is 59.8 Å². The lowest BCUT2D eigenvalue weighted by Crippen LogP contribution is -2.58. The molecule has 1 N–H and O–H groups in total. The summed E-state index contributed by atoms with van der Waals surface area (Å²) >= 11 is 0. The second kappa shape index (κ2) is 7.77. The van der Waals surface area contributed by atoms with Crippen LogP contribution in [-0.2, 0) is 4.74 Å². The monoisotopic (exact) mass is 282 g/mol. The number of nitrogens with zero attached hydrogens (tertiary/aromatic N) is 1. The zero-order chi connectivity index (χ0) is 14.5. The van der Waals surface area contributed by atoms with Crippen molar-refractivity contribution in [3.8, 4) is 0 Å². The molecule has 2 aliphatic rings. The van der Waals surface area contributed by atoms with Crippen LogP contribution in [0.25, 0.3) is 0 Å². The highest BCUT2D eigenvalue weighted by molar-refractivity contribution is 4.88. The maximum atomic E-state index is 6.05. The quantitative estimate of drug-likeness (QED) is 0.810. The van der Waals surface area contributed by atoms with Crippen molar-refractivity contribution in [3.05, 3.63) is 0 Å². The summed E-state index contributed by atoms with van der Waals surface area (Å²) in [5, 5.41) is 3.76. The molecule has 2 fully saturated rings. The highest BCUT2D eigenvalue weighted by Crippen LogP contribution is 2.23. The van der Waals surface area contributed by atoms with Crippen LogP contribution in [0.15, 0.2) is 0 Å². The topological polar surface area (TPSA) is 24.5 Å². The average molecular weight is 282 g/mol. The van der Waals surface area contributed by atoms with Gasteiger partial charge in [0.05, 0.1) is 12.2 Å². The van der Waals surface area contributed by atoms with Crippen LogP contribution >= 0.6 is 0 Å². The van der Waals surface area contributed by atoms with Gasteiger partial charge in [-0.25, -0.2) is 0 Å². The molecule has 0 spiro atoms. The van der Waals surface area contributed by atoms with Crippen LogP contribution < -0.4 is 5.32 Å². The summed E-state index contributed by atoms with van der Waals surface area (Å²) in [6, 6.07) is 1.38. The van der Waals surface area contributed by atoms with Crippen molar-refractivity contribution in [2.24, 2.45) is 5.92 Å². The molecule has 4 atom stereocenters. The Bertz CT molecular complexity index is 282. The van der Waals surface area contributed by atoms with Crippen LogP contribution in [0.2, 0.25) is 0 Å². The summed E-state index contributed by atoms with van der Waals surface area (Å²) in [5.74, 6) is 0.774. The first kappa shape index (κ1) is 16.3. The Morgan fingerprint density at radius 1 is 1.30 bits per heavy atom. The number of hydrogen-bond acceptors (Lipinski definition) is 3. The van der Waals surface area contributed by atoms with E-state index in [0.29, 0.717) is 24.3 Å². The molecule has 0 saturated carbocycles. The van der Waals surface area contributed by atoms with Crippen molar-refractivity contribution in [1.82, 2.24) is 10.2 Å². The molecule has 3 nitrogen and oxygen atoms in total. The lowest BCUT2D eigenvalue weighted by atomic mass is 9.97. The molecule has 118 valence electrons. The Kier molecular flexibility index (Phi) is 6.31. The molecule has 3 heteroatoms.